The Morgan fingerprint density at radius 3 is 2.47 bits per heavy atom. The fourth-order valence-electron chi connectivity index (χ4n) is 4.83. The quantitative estimate of drug-likeness (QED) is 0.663. The number of benzene rings is 1. The molecule has 2 aliphatic heterocycles. The molecule has 3 aromatic rings. The number of hydrogen-bond donors (Lipinski definition) is 0. The molecule has 152 valence electrons. The molecule has 0 radical (unpaired) electrons. The van der Waals surface area contributed by atoms with Gasteiger partial charge in [-0.1, -0.05) is 30.3 Å². The summed E-state index contributed by atoms with van der Waals surface area (Å²) in [7, 11) is 1.65. The van der Waals surface area contributed by atoms with E-state index in [-0.39, 0.29) is 28.9 Å². The Bertz CT molecular complexity index is 1240. The first-order valence-electron chi connectivity index (χ1n) is 10.3. The highest BCUT2D eigenvalue weighted by molar-refractivity contribution is 5.94. The second-order valence-electron chi connectivity index (χ2n) is 8.36. The topological polar surface area (TPSA) is 64.3 Å². The molecule has 1 saturated heterocycles. The number of carbonyl (C=O) groups excluding carboxylic acids is 1. The van der Waals surface area contributed by atoms with Crippen LogP contribution in [0.2, 0.25) is 0 Å². The maximum absolute atomic E-state index is 13.1. The summed E-state index contributed by atoms with van der Waals surface area (Å²) in [5.74, 6) is 0.327. The Balaban J connectivity index is 1.48. The SMILES string of the molecule is Cn1cc(C(=O)N2C[C@@H]3C[C@H](C2)c2cc(-c4ccccc4)cc(=O)n2C3)ccc1=O. The summed E-state index contributed by atoms with van der Waals surface area (Å²) < 4.78 is 3.32. The van der Waals surface area contributed by atoms with Crippen LogP contribution in [0, 0.1) is 5.92 Å². The molecule has 0 unspecified atom stereocenters. The Labute approximate surface area is 174 Å². The maximum Gasteiger partial charge on any atom is 0.255 e. The van der Waals surface area contributed by atoms with Gasteiger partial charge < -0.3 is 14.0 Å². The number of fused-ring (bicyclic) bond motifs is 4. The summed E-state index contributed by atoms with van der Waals surface area (Å²) in [5, 5.41) is 0. The highest BCUT2D eigenvalue weighted by Gasteiger charge is 2.37. The third kappa shape index (κ3) is 3.18. The number of rotatable bonds is 2. The molecule has 1 aromatic carbocycles. The normalized spacial score (nSPS) is 20.0. The van der Waals surface area contributed by atoms with Crippen molar-refractivity contribution in [3.8, 4) is 11.1 Å². The first-order chi connectivity index (χ1) is 14.5. The van der Waals surface area contributed by atoms with Gasteiger partial charge in [-0.2, -0.15) is 0 Å². The molecule has 0 spiro atoms. The van der Waals surface area contributed by atoms with Gasteiger partial charge in [0.15, 0.2) is 0 Å². The average Bonchev–Trinajstić information content (AvgIpc) is 2.76. The Hall–Kier alpha value is -3.41. The number of hydrogen-bond acceptors (Lipinski definition) is 3. The van der Waals surface area contributed by atoms with Crippen molar-refractivity contribution in [2.45, 2.75) is 18.9 Å². The van der Waals surface area contributed by atoms with Crippen LogP contribution in [0.5, 0.6) is 0 Å². The summed E-state index contributed by atoms with van der Waals surface area (Å²) >= 11 is 0. The molecular weight excluding hydrogens is 378 g/mol. The molecule has 5 rings (SSSR count). The zero-order chi connectivity index (χ0) is 20.8. The third-order valence-corrected chi connectivity index (χ3v) is 6.28. The second kappa shape index (κ2) is 7.13. The van der Waals surface area contributed by atoms with Crippen molar-refractivity contribution in [3.63, 3.8) is 0 Å². The highest BCUT2D eigenvalue weighted by atomic mass is 16.2. The lowest BCUT2D eigenvalue weighted by atomic mass is 9.82. The summed E-state index contributed by atoms with van der Waals surface area (Å²) in [6.45, 7) is 1.84. The molecule has 2 bridgehead atoms. The van der Waals surface area contributed by atoms with Crippen LogP contribution in [0.15, 0.2) is 70.4 Å². The monoisotopic (exact) mass is 401 g/mol. The van der Waals surface area contributed by atoms with E-state index in [9.17, 15) is 14.4 Å². The zero-order valence-corrected chi connectivity index (χ0v) is 16.8. The van der Waals surface area contributed by atoms with Crippen molar-refractivity contribution in [2.75, 3.05) is 13.1 Å². The molecule has 6 nitrogen and oxygen atoms in total. The Morgan fingerprint density at radius 2 is 1.70 bits per heavy atom. The molecule has 2 aromatic heterocycles. The summed E-state index contributed by atoms with van der Waals surface area (Å²) in [5.41, 5.74) is 3.37. The van der Waals surface area contributed by atoms with Crippen LogP contribution in [-0.2, 0) is 13.6 Å². The standard InChI is InChI=1S/C24H23N3O3/c1-25-14-18(7-8-22(25)28)24(30)26-12-16-9-20(15-26)21-10-19(11-23(29)27(21)13-16)17-5-3-2-4-6-17/h2-8,10-11,14,16,20H,9,12-13,15H2,1H3/t16-,20+/m0/s1. The van der Waals surface area contributed by atoms with Crippen molar-refractivity contribution in [1.82, 2.24) is 14.0 Å². The summed E-state index contributed by atoms with van der Waals surface area (Å²) in [6.07, 6.45) is 2.58. The molecule has 0 aliphatic carbocycles. The summed E-state index contributed by atoms with van der Waals surface area (Å²) in [6, 6.07) is 16.8. The molecule has 0 N–H and O–H groups in total. The van der Waals surface area contributed by atoms with Crippen LogP contribution < -0.4 is 11.1 Å². The molecule has 0 saturated carbocycles. The molecule has 2 atom stereocenters. The number of likely N-dealkylation sites (tertiary alicyclic amines) is 1. The fraction of sp³-hybridized carbons (Fsp3) is 0.292. The number of aromatic nitrogens is 2. The zero-order valence-electron chi connectivity index (χ0n) is 16.8. The van der Waals surface area contributed by atoms with E-state index in [1.165, 1.54) is 10.6 Å². The molecule has 4 heterocycles. The van der Waals surface area contributed by atoms with E-state index in [4.69, 9.17) is 0 Å². The molecule has 2 aliphatic rings. The molecule has 6 heteroatoms. The Kier molecular flexibility index (Phi) is 4.42. The minimum Gasteiger partial charge on any atom is -0.338 e. The van der Waals surface area contributed by atoms with Gasteiger partial charge in [-0.3, -0.25) is 14.4 Å². The molecule has 1 amide bonds. The van der Waals surface area contributed by atoms with Gasteiger partial charge in [0.1, 0.15) is 0 Å². The van der Waals surface area contributed by atoms with E-state index in [0.29, 0.717) is 25.2 Å². The first kappa shape index (κ1) is 18.6. The second-order valence-corrected chi connectivity index (χ2v) is 8.36. The average molecular weight is 401 g/mol. The van der Waals surface area contributed by atoms with Crippen molar-refractivity contribution < 1.29 is 4.79 Å². The van der Waals surface area contributed by atoms with Crippen molar-refractivity contribution in [1.29, 1.82) is 0 Å². The van der Waals surface area contributed by atoms with E-state index in [1.54, 1.807) is 25.4 Å². The third-order valence-electron chi connectivity index (χ3n) is 6.28. The van der Waals surface area contributed by atoms with Gasteiger partial charge in [0.05, 0.1) is 5.56 Å². The van der Waals surface area contributed by atoms with Gasteiger partial charge in [-0.15, -0.1) is 0 Å². The number of pyridine rings is 2. The van der Waals surface area contributed by atoms with E-state index in [0.717, 1.165) is 23.2 Å². The van der Waals surface area contributed by atoms with E-state index in [2.05, 4.69) is 6.07 Å². The number of amides is 1. The molecule has 30 heavy (non-hydrogen) atoms. The van der Waals surface area contributed by atoms with E-state index < -0.39 is 0 Å². The molecular formula is C24H23N3O3. The van der Waals surface area contributed by atoms with Gasteiger partial charge >= 0.3 is 0 Å². The largest absolute Gasteiger partial charge is 0.338 e. The lowest BCUT2D eigenvalue weighted by Gasteiger charge is -2.43. The van der Waals surface area contributed by atoms with Crippen LogP contribution in [0.4, 0.5) is 0 Å². The van der Waals surface area contributed by atoms with Gasteiger partial charge in [-0.25, -0.2) is 0 Å². The van der Waals surface area contributed by atoms with Crippen molar-refractivity contribution in [3.05, 3.63) is 92.8 Å². The summed E-state index contributed by atoms with van der Waals surface area (Å²) in [4.78, 5) is 39.5. The number of aryl methyl sites for hydroxylation is 1. The number of piperidine rings is 1. The van der Waals surface area contributed by atoms with Crippen LogP contribution in [-0.4, -0.2) is 33.0 Å². The lowest BCUT2D eigenvalue weighted by molar-refractivity contribution is 0.0594. The van der Waals surface area contributed by atoms with Gasteiger partial charge in [0.2, 0.25) is 5.56 Å². The predicted octanol–water partition coefficient (Wildman–Crippen LogP) is 2.47. The van der Waals surface area contributed by atoms with Crippen LogP contribution in [0.1, 0.15) is 28.4 Å². The van der Waals surface area contributed by atoms with Crippen LogP contribution in [0.25, 0.3) is 11.1 Å². The van der Waals surface area contributed by atoms with Crippen LogP contribution >= 0.6 is 0 Å². The minimum atomic E-state index is -0.135. The fourth-order valence-corrected chi connectivity index (χ4v) is 4.83. The Morgan fingerprint density at radius 1 is 0.900 bits per heavy atom. The van der Waals surface area contributed by atoms with Crippen molar-refractivity contribution >= 4 is 5.91 Å². The highest BCUT2D eigenvalue weighted by Crippen LogP contribution is 2.37. The lowest BCUT2D eigenvalue weighted by Crippen LogP contribution is -2.49. The van der Waals surface area contributed by atoms with E-state index >= 15 is 0 Å². The minimum absolute atomic E-state index is 0.0267. The number of nitrogens with zero attached hydrogens (tertiary/aromatic N) is 3. The van der Waals surface area contributed by atoms with Crippen molar-refractivity contribution in [2.24, 2.45) is 13.0 Å². The van der Waals surface area contributed by atoms with E-state index in [1.807, 2.05) is 39.8 Å². The van der Waals surface area contributed by atoms with Gasteiger partial charge in [0, 0.05) is 56.6 Å². The van der Waals surface area contributed by atoms with Crippen LogP contribution in [0.3, 0.4) is 0 Å². The smallest absolute Gasteiger partial charge is 0.255 e. The van der Waals surface area contributed by atoms with Gasteiger partial charge in [-0.05, 0) is 35.6 Å². The predicted molar refractivity (Wildman–Crippen MR) is 115 cm³/mol. The molecule has 1 fully saturated rings. The van der Waals surface area contributed by atoms with Gasteiger partial charge in [0.25, 0.3) is 11.5 Å². The number of carbonyl (C=O) groups is 1. The maximum atomic E-state index is 13.1. The first-order valence-corrected chi connectivity index (χ1v) is 10.3.